The fraction of sp³-hybridized carbons (Fsp3) is 0.375. The average Bonchev–Trinajstić information content (AvgIpc) is 2.98. The van der Waals surface area contributed by atoms with Crippen LogP contribution >= 0.6 is 34.5 Å². The Hall–Kier alpha value is -1.54. The molecular weight excluding hydrogens is 389 g/mol. The molecule has 1 saturated heterocycles. The molecule has 134 valence electrons. The van der Waals surface area contributed by atoms with E-state index >= 15 is 0 Å². The standard InChI is InChI=1S/C16H15Cl2NO5S/c1-22-10-3-2-9-12(17)15(25-14(9)13(10)18)16(21)24-8-11(20)19-4-6-23-7-5-19/h2-3H,4-8H2,1H3. The number of amides is 1. The van der Waals surface area contributed by atoms with Crippen molar-refractivity contribution >= 4 is 56.5 Å². The van der Waals surface area contributed by atoms with Gasteiger partial charge < -0.3 is 19.1 Å². The van der Waals surface area contributed by atoms with Crippen LogP contribution in [0.5, 0.6) is 5.75 Å². The number of hydrogen-bond donors (Lipinski definition) is 0. The number of nitrogens with zero attached hydrogens (tertiary/aromatic N) is 1. The lowest BCUT2D eigenvalue weighted by molar-refractivity contribution is -0.138. The molecule has 1 amide bonds. The van der Waals surface area contributed by atoms with Crippen molar-refractivity contribution in [3.05, 3.63) is 27.1 Å². The van der Waals surface area contributed by atoms with E-state index in [1.165, 1.54) is 7.11 Å². The van der Waals surface area contributed by atoms with Gasteiger partial charge in [0.1, 0.15) is 15.6 Å². The minimum atomic E-state index is -0.650. The van der Waals surface area contributed by atoms with E-state index in [0.29, 0.717) is 47.2 Å². The summed E-state index contributed by atoms with van der Waals surface area (Å²) in [6.07, 6.45) is 0. The summed E-state index contributed by atoms with van der Waals surface area (Å²) in [5, 5.41) is 1.28. The van der Waals surface area contributed by atoms with Gasteiger partial charge in [-0.3, -0.25) is 4.79 Å². The third-order valence-corrected chi connectivity index (χ3v) is 5.99. The summed E-state index contributed by atoms with van der Waals surface area (Å²) in [5.74, 6) is -0.411. The zero-order valence-electron chi connectivity index (χ0n) is 13.3. The predicted molar refractivity (Wildman–Crippen MR) is 96.1 cm³/mol. The largest absolute Gasteiger partial charge is 0.495 e. The van der Waals surface area contributed by atoms with E-state index in [0.717, 1.165) is 11.3 Å². The number of fused-ring (bicyclic) bond motifs is 1. The monoisotopic (exact) mass is 403 g/mol. The van der Waals surface area contributed by atoms with Gasteiger partial charge in [-0.05, 0) is 12.1 Å². The number of thiophene rings is 1. The van der Waals surface area contributed by atoms with Gasteiger partial charge in [-0.2, -0.15) is 0 Å². The molecule has 0 saturated carbocycles. The maximum Gasteiger partial charge on any atom is 0.350 e. The molecule has 0 bridgehead atoms. The van der Waals surface area contributed by atoms with Crippen LogP contribution in [-0.4, -0.2) is 56.8 Å². The summed E-state index contributed by atoms with van der Waals surface area (Å²) in [6.45, 7) is 1.63. The minimum absolute atomic E-state index is 0.210. The van der Waals surface area contributed by atoms with E-state index in [9.17, 15) is 9.59 Å². The number of hydrogen-bond acceptors (Lipinski definition) is 6. The fourth-order valence-electron chi connectivity index (χ4n) is 2.47. The Morgan fingerprint density at radius 2 is 1.96 bits per heavy atom. The van der Waals surface area contributed by atoms with Crippen LogP contribution in [0.25, 0.3) is 10.1 Å². The van der Waals surface area contributed by atoms with Crippen LogP contribution in [0.3, 0.4) is 0 Å². The number of methoxy groups -OCH3 is 1. The first-order valence-electron chi connectivity index (χ1n) is 7.50. The van der Waals surface area contributed by atoms with E-state index < -0.39 is 5.97 Å². The molecule has 0 radical (unpaired) electrons. The van der Waals surface area contributed by atoms with Crippen LogP contribution in [0.2, 0.25) is 10.0 Å². The van der Waals surface area contributed by atoms with Gasteiger partial charge in [-0.1, -0.05) is 23.2 Å². The number of carbonyl (C=O) groups excluding carboxylic acids is 2. The summed E-state index contributed by atoms with van der Waals surface area (Å²) in [6, 6.07) is 3.41. The van der Waals surface area contributed by atoms with Crippen molar-refractivity contribution in [2.45, 2.75) is 0 Å². The van der Waals surface area contributed by atoms with Crippen LogP contribution in [0.1, 0.15) is 9.67 Å². The molecule has 1 aliphatic heterocycles. The second kappa shape index (κ2) is 7.78. The molecule has 1 fully saturated rings. The lowest BCUT2D eigenvalue weighted by Gasteiger charge is -2.26. The minimum Gasteiger partial charge on any atom is -0.495 e. The van der Waals surface area contributed by atoms with Crippen molar-refractivity contribution in [3.63, 3.8) is 0 Å². The molecule has 9 heteroatoms. The number of halogens is 2. The highest BCUT2D eigenvalue weighted by Crippen LogP contribution is 2.43. The third-order valence-electron chi connectivity index (χ3n) is 3.80. The average molecular weight is 404 g/mol. The van der Waals surface area contributed by atoms with E-state index in [1.54, 1.807) is 17.0 Å². The molecule has 1 aliphatic rings. The van der Waals surface area contributed by atoms with E-state index in [4.69, 9.17) is 37.4 Å². The van der Waals surface area contributed by atoms with E-state index in [2.05, 4.69) is 0 Å². The fourth-order valence-corrected chi connectivity index (χ4v) is 4.25. The van der Waals surface area contributed by atoms with Gasteiger partial charge in [-0.25, -0.2) is 4.79 Å². The molecule has 0 unspecified atom stereocenters. The van der Waals surface area contributed by atoms with Crippen LogP contribution in [0, 0.1) is 0 Å². The smallest absolute Gasteiger partial charge is 0.350 e. The van der Waals surface area contributed by atoms with Crippen LogP contribution in [-0.2, 0) is 14.3 Å². The number of carbonyl (C=O) groups is 2. The molecule has 1 aromatic carbocycles. The summed E-state index contributed by atoms with van der Waals surface area (Å²) < 4.78 is 16.1. The van der Waals surface area contributed by atoms with Crippen molar-refractivity contribution in [3.8, 4) is 5.75 Å². The number of benzene rings is 1. The Bertz CT molecular complexity index is 816. The number of morpholine rings is 1. The Morgan fingerprint density at radius 3 is 2.64 bits per heavy atom. The maximum absolute atomic E-state index is 12.3. The second-order valence-electron chi connectivity index (χ2n) is 5.27. The van der Waals surface area contributed by atoms with Gasteiger partial charge >= 0.3 is 5.97 Å². The molecule has 2 heterocycles. The van der Waals surface area contributed by atoms with Gasteiger partial charge in [0.2, 0.25) is 0 Å². The summed E-state index contributed by atoms with van der Waals surface area (Å²) >= 11 is 13.7. The second-order valence-corrected chi connectivity index (χ2v) is 7.05. The molecule has 1 aromatic heterocycles. The normalized spacial score (nSPS) is 14.6. The van der Waals surface area contributed by atoms with Crippen molar-refractivity contribution < 1.29 is 23.8 Å². The Morgan fingerprint density at radius 1 is 1.24 bits per heavy atom. The Kier molecular flexibility index (Phi) is 5.68. The summed E-state index contributed by atoms with van der Waals surface area (Å²) in [4.78, 5) is 26.2. The van der Waals surface area contributed by atoms with Gasteiger partial charge in [-0.15, -0.1) is 11.3 Å². The van der Waals surface area contributed by atoms with Crippen LogP contribution in [0.15, 0.2) is 12.1 Å². The molecular formula is C16H15Cl2NO5S. The molecule has 2 aromatic rings. The first-order valence-corrected chi connectivity index (χ1v) is 9.07. The highest BCUT2D eigenvalue weighted by atomic mass is 35.5. The molecule has 0 atom stereocenters. The van der Waals surface area contributed by atoms with E-state index in [1.807, 2.05) is 0 Å². The number of ether oxygens (including phenoxy) is 3. The summed E-state index contributed by atoms with van der Waals surface area (Å²) in [7, 11) is 1.51. The van der Waals surface area contributed by atoms with Gasteiger partial charge in [0.25, 0.3) is 5.91 Å². The molecule has 0 N–H and O–H groups in total. The molecule has 25 heavy (non-hydrogen) atoms. The molecule has 6 nitrogen and oxygen atoms in total. The van der Waals surface area contributed by atoms with Crippen molar-refractivity contribution in [1.29, 1.82) is 0 Å². The topological polar surface area (TPSA) is 65.1 Å². The van der Waals surface area contributed by atoms with Crippen molar-refractivity contribution in [2.75, 3.05) is 40.0 Å². The third kappa shape index (κ3) is 3.69. The molecule has 0 spiro atoms. The first kappa shape index (κ1) is 18.3. The highest BCUT2D eigenvalue weighted by molar-refractivity contribution is 7.22. The van der Waals surface area contributed by atoms with Gasteiger partial charge in [0.05, 0.1) is 30.0 Å². The van der Waals surface area contributed by atoms with Crippen LogP contribution < -0.4 is 4.74 Å². The number of esters is 1. The lowest BCUT2D eigenvalue weighted by Crippen LogP contribution is -2.42. The van der Waals surface area contributed by atoms with Crippen molar-refractivity contribution in [2.24, 2.45) is 0 Å². The zero-order valence-corrected chi connectivity index (χ0v) is 15.7. The highest BCUT2D eigenvalue weighted by Gasteiger charge is 2.23. The quantitative estimate of drug-likeness (QED) is 0.733. The first-order chi connectivity index (χ1) is 12.0. The predicted octanol–water partition coefficient (Wildman–Crippen LogP) is 3.23. The van der Waals surface area contributed by atoms with Crippen molar-refractivity contribution in [1.82, 2.24) is 4.90 Å². The van der Waals surface area contributed by atoms with Gasteiger partial charge in [0, 0.05) is 18.5 Å². The maximum atomic E-state index is 12.3. The Balaban J connectivity index is 1.74. The van der Waals surface area contributed by atoms with E-state index in [-0.39, 0.29) is 22.4 Å². The number of rotatable bonds is 4. The SMILES string of the molecule is COc1ccc2c(Cl)c(C(=O)OCC(=O)N3CCOCC3)sc2c1Cl. The molecule has 0 aliphatic carbocycles. The molecule has 3 rings (SSSR count). The summed E-state index contributed by atoms with van der Waals surface area (Å²) in [5.41, 5.74) is 0. The van der Waals surface area contributed by atoms with Crippen LogP contribution in [0.4, 0.5) is 0 Å². The lowest BCUT2D eigenvalue weighted by atomic mass is 10.2. The Labute approximate surface area is 158 Å². The van der Waals surface area contributed by atoms with Gasteiger partial charge in [0.15, 0.2) is 6.61 Å². The zero-order chi connectivity index (χ0) is 18.0.